The monoisotopic (exact) mass is 236 g/mol. The minimum Gasteiger partial charge on any atom is -0.294 e. The van der Waals surface area contributed by atoms with Gasteiger partial charge in [0.1, 0.15) is 0 Å². The molecule has 2 rings (SSSR count). The SMILES string of the molecule is CC1(C(=O)c2ccccc2Cl)CCCCC1. The van der Waals surface area contributed by atoms with Gasteiger partial charge in [-0.2, -0.15) is 0 Å². The van der Waals surface area contributed by atoms with Crippen molar-refractivity contribution in [3.05, 3.63) is 34.9 Å². The molecule has 1 fully saturated rings. The first-order valence-electron chi connectivity index (χ1n) is 5.93. The van der Waals surface area contributed by atoms with E-state index in [1.165, 1.54) is 6.42 Å². The lowest BCUT2D eigenvalue weighted by atomic mass is 9.71. The summed E-state index contributed by atoms with van der Waals surface area (Å²) >= 11 is 6.08. The second-order valence-electron chi connectivity index (χ2n) is 4.93. The van der Waals surface area contributed by atoms with E-state index in [0.29, 0.717) is 10.6 Å². The molecule has 1 nitrogen and oxygen atoms in total. The average Bonchev–Trinajstić information content (AvgIpc) is 2.30. The molecule has 0 heterocycles. The van der Waals surface area contributed by atoms with Gasteiger partial charge in [0.05, 0.1) is 5.02 Å². The third kappa shape index (κ3) is 2.15. The van der Waals surface area contributed by atoms with Gasteiger partial charge in [0.2, 0.25) is 0 Å². The molecule has 0 atom stereocenters. The van der Waals surface area contributed by atoms with E-state index >= 15 is 0 Å². The smallest absolute Gasteiger partial charge is 0.170 e. The van der Waals surface area contributed by atoms with Crippen LogP contribution in [0.3, 0.4) is 0 Å². The second-order valence-corrected chi connectivity index (χ2v) is 5.34. The van der Waals surface area contributed by atoms with Crippen LogP contribution in [0.2, 0.25) is 5.02 Å². The standard InChI is InChI=1S/C14H17ClO/c1-14(9-5-2-6-10-14)13(16)11-7-3-4-8-12(11)15/h3-4,7-8H,2,5-6,9-10H2,1H3. The lowest BCUT2D eigenvalue weighted by Crippen LogP contribution is -2.30. The zero-order chi connectivity index (χ0) is 11.6. The van der Waals surface area contributed by atoms with Crippen LogP contribution in [0.15, 0.2) is 24.3 Å². The number of hydrogen-bond donors (Lipinski definition) is 0. The van der Waals surface area contributed by atoms with Crippen molar-refractivity contribution < 1.29 is 4.79 Å². The number of benzene rings is 1. The summed E-state index contributed by atoms with van der Waals surface area (Å²) in [6.07, 6.45) is 5.57. The van der Waals surface area contributed by atoms with Crippen molar-refractivity contribution in [2.75, 3.05) is 0 Å². The van der Waals surface area contributed by atoms with Crippen LogP contribution in [0.1, 0.15) is 49.4 Å². The van der Waals surface area contributed by atoms with Crippen LogP contribution in [-0.4, -0.2) is 5.78 Å². The van der Waals surface area contributed by atoms with E-state index in [4.69, 9.17) is 11.6 Å². The molecule has 0 radical (unpaired) electrons. The van der Waals surface area contributed by atoms with Gasteiger partial charge in [0, 0.05) is 11.0 Å². The molecule has 86 valence electrons. The topological polar surface area (TPSA) is 17.1 Å². The fourth-order valence-electron chi connectivity index (χ4n) is 2.53. The molecule has 16 heavy (non-hydrogen) atoms. The van der Waals surface area contributed by atoms with Crippen LogP contribution >= 0.6 is 11.6 Å². The van der Waals surface area contributed by atoms with Crippen LogP contribution < -0.4 is 0 Å². The summed E-state index contributed by atoms with van der Waals surface area (Å²) in [5, 5.41) is 0.583. The summed E-state index contributed by atoms with van der Waals surface area (Å²) in [5.74, 6) is 0.220. The summed E-state index contributed by atoms with van der Waals surface area (Å²) in [7, 11) is 0. The van der Waals surface area contributed by atoms with Gasteiger partial charge in [-0.3, -0.25) is 4.79 Å². The molecule has 0 aromatic heterocycles. The third-order valence-electron chi connectivity index (χ3n) is 3.62. The molecule has 0 N–H and O–H groups in total. The Morgan fingerprint density at radius 2 is 1.81 bits per heavy atom. The Hall–Kier alpha value is -0.820. The lowest BCUT2D eigenvalue weighted by molar-refractivity contribution is 0.0750. The summed E-state index contributed by atoms with van der Waals surface area (Å²) in [4.78, 5) is 12.5. The second kappa shape index (κ2) is 4.58. The molecular formula is C14H17ClO. The maximum atomic E-state index is 12.5. The van der Waals surface area contributed by atoms with Crippen molar-refractivity contribution in [3.8, 4) is 0 Å². The van der Waals surface area contributed by atoms with Gasteiger partial charge < -0.3 is 0 Å². The fraction of sp³-hybridized carbons (Fsp3) is 0.500. The van der Waals surface area contributed by atoms with Gasteiger partial charge in [-0.05, 0) is 25.0 Å². The normalized spacial score (nSPS) is 19.4. The zero-order valence-corrected chi connectivity index (χ0v) is 10.4. The molecular weight excluding hydrogens is 220 g/mol. The molecule has 2 heteroatoms. The maximum absolute atomic E-state index is 12.5. The highest BCUT2D eigenvalue weighted by atomic mass is 35.5. The first-order valence-corrected chi connectivity index (χ1v) is 6.31. The Bertz CT molecular complexity index is 391. The Morgan fingerprint density at radius 1 is 1.19 bits per heavy atom. The van der Waals surface area contributed by atoms with E-state index in [-0.39, 0.29) is 11.2 Å². The van der Waals surface area contributed by atoms with E-state index in [1.54, 1.807) is 6.07 Å². The highest BCUT2D eigenvalue weighted by Gasteiger charge is 2.35. The maximum Gasteiger partial charge on any atom is 0.170 e. The van der Waals surface area contributed by atoms with Crippen LogP contribution in [-0.2, 0) is 0 Å². The zero-order valence-electron chi connectivity index (χ0n) is 9.63. The first kappa shape index (κ1) is 11.7. The summed E-state index contributed by atoms with van der Waals surface area (Å²) in [5.41, 5.74) is 0.497. The van der Waals surface area contributed by atoms with Gasteiger partial charge in [-0.15, -0.1) is 0 Å². The van der Waals surface area contributed by atoms with Gasteiger partial charge in [-0.25, -0.2) is 0 Å². The van der Waals surface area contributed by atoms with Crippen molar-refractivity contribution in [1.82, 2.24) is 0 Å². The van der Waals surface area contributed by atoms with E-state index in [2.05, 4.69) is 6.92 Å². The molecule has 1 aliphatic rings. The van der Waals surface area contributed by atoms with Crippen molar-refractivity contribution >= 4 is 17.4 Å². The summed E-state index contributed by atoms with van der Waals surface area (Å²) < 4.78 is 0. The average molecular weight is 237 g/mol. The minimum atomic E-state index is -0.191. The summed E-state index contributed by atoms with van der Waals surface area (Å²) in [6, 6.07) is 7.37. The Kier molecular flexibility index (Phi) is 3.34. The van der Waals surface area contributed by atoms with Gasteiger partial charge in [0.25, 0.3) is 0 Å². The first-order chi connectivity index (χ1) is 7.63. The number of rotatable bonds is 2. The number of hydrogen-bond acceptors (Lipinski definition) is 1. The highest BCUT2D eigenvalue weighted by molar-refractivity contribution is 6.34. The molecule has 0 spiro atoms. The lowest BCUT2D eigenvalue weighted by Gasteiger charge is -2.32. The minimum absolute atomic E-state index is 0.191. The molecule has 0 amide bonds. The number of Topliss-reactive ketones (excluding diaryl/α,β-unsaturated/α-hetero) is 1. The highest BCUT2D eigenvalue weighted by Crippen LogP contribution is 2.39. The molecule has 1 aromatic carbocycles. The number of carbonyl (C=O) groups is 1. The molecule has 1 saturated carbocycles. The van der Waals surface area contributed by atoms with Crippen LogP contribution in [0.4, 0.5) is 0 Å². The molecule has 0 bridgehead atoms. The van der Waals surface area contributed by atoms with E-state index in [0.717, 1.165) is 25.7 Å². The predicted octanol–water partition coefficient (Wildman–Crippen LogP) is 4.49. The Balaban J connectivity index is 2.28. The largest absolute Gasteiger partial charge is 0.294 e. The van der Waals surface area contributed by atoms with E-state index in [9.17, 15) is 4.79 Å². The van der Waals surface area contributed by atoms with Gasteiger partial charge in [-0.1, -0.05) is 49.9 Å². The van der Waals surface area contributed by atoms with Gasteiger partial charge in [0.15, 0.2) is 5.78 Å². The number of halogens is 1. The van der Waals surface area contributed by atoms with Crippen molar-refractivity contribution in [2.24, 2.45) is 5.41 Å². The molecule has 0 unspecified atom stereocenters. The molecule has 1 aromatic rings. The number of ketones is 1. The molecule has 1 aliphatic carbocycles. The molecule has 0 aliphatic heterocycles. The van der Waals surface area contributed by atoms with Crippen LogP contribution in [0.5, 0.6) is 0 Å². The third-order valence-corrected chi connectivity index (χ3v) is 3.95. The van der Waals surface area contributed by atoms with Crippen LogP contribution in [0.25, 0.3) is 0 Å². The predicted molar refractivity (Wildman–Crippen MR) is 67.0 cm³/mol. The fourth-order valence-corrected chi connectivity index (χ4v) is 2.75. The van der Waals surface area contributed by atoms with E-state index in [1.807, 2.05) is 18.2 Å². The van der Waals surface area contributed by atoms with Crippen molar-refractivity contribution in [1.29, 1.82) is 0 Å². The van der Waals surface area contributed by atoms with Crippen LogP contribution in [0, 0.1) is 5.41 Å². The van der Waals surface area contributed by atoms with Crippen molar-refractivity contribution in [2.45, 2.75) is 39.0 Å². The summed E-state index contributed by atoms with van der Waals surface area (Å²) in [6.45, 7) is 2.08. The van der Waals surface area contributed by atoms with Gasteiger partial charge >= 0.3 is 0 Å². The quantitative estimate of drug-likeness (QED) is 0.692. The molecule has 0 saturated heterocycles. The van der Waals surface area contributed by atoms with Crippen molar-refractivity contribution in [3.63, 3.8) is 0 Å². The van der Waals surface area contributed by atoms with E-state index < -0.39 is 0 Å². The Labute approximate surface area is 102 Å². The number of carbonyl (C=O) groups excluding carboxylic acids is 1. The Morgan fingerprint density at radius 3 is 2.44 bits per heavy atom.